The monoisotopic (exact) mass is 299 g/mol. The van der Waals surface area contributed by atoms with Crippen LogP contribution >= 0.6 is 0 Å². The Morgan fingerprint density at radius 3 is 2.55 bits per heavy atom. The molecule has 1 aromatic rings. The largest absolute Gasteiger partial charge is 0.392 e. The van der Waals surface area contributed by atoms with Crippen LogP contribution < -0.4 is 15.8 Å². The van der Waals surface area contributed by atoms with Crippen molar-refractivity contribution < 1.29 is 18.3 Å². The van der Waals surface area contributed by atoms with E-state index in [9.17, 15) is 18.3 Å². The lowest BCUT2D eigenvalue weighted by atomic mass is 10.2. The number of aliphatic hydroxyl groups is 1. The zero-order chi connectivity index (χ0) is 14.8. The van der Waals surface area contributed by atoms with Crippen molar-refractivity contribution in [3.05, 3.63) is 29.8 Å². The Morgan fingerprint density at radius 2 is 2.05 bits per heavy atom. The molecule has 1 aliphatic heterocycles. The second kappa shape index (κ2) is 5.88. The number of carbonyl (C=O) groups excluding carboxylic acids is 1. The maximum atomic E-state index is 11.8. The first-order valence-corrected chi connectivity index (χ1v) is 7.72. The van der Waals surface area contributed by atoms with Gasteiger partial charge in [-0.25, -0.2) is 13.6 Å². The number of carbonyl (C=O) groups is 1. The SMILES string of the molecule is NS(=O)(=O)c1ccc(CNC(=O)C2CC(O)CN2)cc1. The number of hydrogen-bond acceptors (Lipinski definition) is 5. The minimum absolute atomic E-state index is 0.0353. The van der Waals surface area contributed by atoms with Crippen LogP contribution in [0.15, 0.2) is 29.2 Å². The summed E-state index contributed by atoms with van der Waals surface area (Å²) in [6.45, 7) is 0.707. The Morgan fingerprint density at radius 1 is 1.40 bits per heavy atom. The fourth-order valence-corrected chi connectivity index (χ4v) is 2.54. The molecular formula is C12H17N3O4S. The van der Waals surface area contributed by atoms with E-state index in [0.717, 1.165) is 5.56 Å². The Balaban J connectivity index is 1.90. The first kappa shape index (κ1) is 14.9. The molecule has 2 unspecified atom stereocenters. The lowest BCUT2D eigenvalue weighted by Gasteiger charge is -2.11. The number of nitrogens with one attached hydrogen (secondary N) is 2. The Labute approximate surface area is 117 Å². The molecule has 20 heavy (non-hydrogen) atoms. The van der Waals surface area contributed by atoms with Crippen LogP contribution in [0.3, 0.4) is 0 Å². The number of nitrogens with two attached hydrogens (primary N) is 1. The highest BCUT2D eigenvalue weighted by molar-refractivity contribution is 7.89. The van der Waals surface area contributed by atoms with E-state index in [2.05, 4.69) is 10.6 Å². The Kier molecular flexibility index (Phi) is 4.39. The average molecular weight is 299 g/mol. The molecule has 1 fully saturated rings. The van der Waals surface area contributed by atoms with Gasteiger partial charge in [0.15, 0.2) is 0 Å². The lowest BCUT2D eigenvalue weighted by Crippen LogP contribution is -2.40. The predicted molar refractivity (Wildman–Crippen MR) is 72.1 cm³/mol. The summed E-state index contributed by atoms with van der Waals surface area (Å²) in [5, 5.41) is 20.0. The van der Waals surface area contributed by atoms with Crippen molar-refractivity contribution in [2.45, 2.75) is 30.0 Å². The van der Waals surface area contributed by atoms with Crippen LogP contribution in [0.25, 0.3) is 0 Å². The summed E-state index contributed by atoms with van der Waals surface area (Å²) in [6, 6.07) is 5.60. The van der Waals surface area contributed by atoms with Gasteiger partial charge in [0.05, 0.1) is 17.0 Å². The van der Waals surface area contributed by atoms with Gasteiger partial charge in [-0.05, 0) is 24.1 Å². The van der Waals surface area contributed by atoms with E-state index in [1.54, 1.807) is 12.1 Å². The van der Waals surface area contributed by atoms with Crippen LogP contribution in [0.5, 0.6) is 0 Å². The van der Waals surface area contributed by atoms with Crippen molar-refractivity contribution in [2.24, 2.45) is 5.14 Å². The van der Waals surface area contributed by atoms with Crippen LogP contribution in [-0.4, -0.2) is 38.1 Å². The summed E-state index contributed by atoms with van der Waals surface area (Å²) in [5.74, 6) is -0.183. The first-order chi connectivity index (χ1) is 9.36. The van der Waals surface area contributed by atoms with Gasteiger partial charge in [-0.2, -0.15) is 0 Å². The highest BCUT2D eigenvalue weighted by Gasteiger charge is 2.27. The van der Waals surface area contributed by atoms with Gasteiger partial charge in [-0.3, -0.25) is 4.79 Å². The number of hydrogen-bond donors (Lipinski definition) is 4. The third-order valence-electron chi connectivity index (χ3n) is 3.14. The maximum Gasteiger partial charge on any atom is 0.238 e. The van der Waals surface area contributed by atoms with Crippen molar-refractivity contribution in [3.8, 4) is 0 Å². The fraction of sp³-hybridized carbons (Fsp3) is 0.417. The Hall–Kier alpha value is -1.48. The van der Waals surface area contributed by atoms with Crippen molar-refractivity contribution >= 4 is 15.9 Å². The number of benzene rings is 1. The summed E-state index contributed by atoms with van der Waals surface area (Å²) in [5.41, 5.74) is 0.768. The molecule has 110 valence electrons. The standard InChI is InChI=1S/C12H17N3O4S/c13-20(18,19)10-3-1-8(2-4-10)6-15-12(17)11-5-9(16)7-14-11/h1-4,9,11,14,16H,5-7H2,(H,15,17)(H2,13,18,19). The number of sulfonamides is 1. The quantitative estimate of drug-likeness (QED) is 0.549. The van der Waals surface area contributed by atoms with Crippen LogP contribution in [0, 0.1) is 0 Å². The fourth-order valence-electron chi connectivity index (χ4n) is 2.03. The molecule has 0 bridgehead atoms. The van der Waals surface area contributed by atoms with Gasteiger partial charge >= 0.3 is 0 Å². The molecule has 0 aliphatic carbocycles. The lowest BCUT2D eigenvalue weighted by molar-refractivity contribution is -0.123. The summed E-state index contributed by atoms with van der Waals surface area (Å²) >= 11 is 0. The molecule has 0 spiro atoms. The summed E-state index contributed by atoms with van der Waals surface area (Å²) < 4.78 is 22.2. The molecule has 0 saturated carbocycles. The minimum atomic E-state index is -3.70. The number of primary sulfonamides is 1. The molecule has 0 aromatic heterocycles. The van der Waals surface area contributed by atoms with E-state index in [4.69, 9.17) is 5.14 Å². The van der Waals surface area contributed by atoms with Gasteiger partial charge in [0.25, 0.3) is 0 Å². The molecule has 0 radical (unpaired) electrons. The van der Waals surface area contributed by atoms with Crippen molar-refractivity contribution in [1.29, 1.82) is 0 Å². The topological polar surface area (TPSA) is 122 Å². The second-order valence-corrected chi connectivity index (χ2v) is 6.32. The van der Waals surface area contributed by atoms with Gasteiger partial charge in [0.1, 0.15) is 0 Å². The summed E-state index contributed by atoms with van der Waals surface area (Å²) in [7, 11) is -3.70. The molecule has 2 rings (SSSR count). The molecule has 7 nitrogen and oxygen atoms in total. The van der Waals surface area contributed by atoms with Crippen LogP contribution in [-0.2, 0) is 21.4 Å². The van der Waals surface area contributed by atoms with Crippen LogP contribution in [0.4, 0.5) is 0 Å². The molecule has 1 heterocycles. The van der Waals surface area contributed by atoms with E-state index in [1.165, 1.54) is 12.1 Å². The van der Waals surface area contributed by atoms with E-state index in [-0.39, 0.29) is 23.4 Å². The molecule has 2 atom stereocenters. The van der Waals surface area contributed by atoms with Gasteiger partial charge in [0, 0.05) is 13.1 Å². The van der Waals surface area contributed by atoms with Gasteiger partial charge < -0.3 is 15.7 Å². The van der Waals surface area contributed by atoms with Crippen LogP contribution in [0.2, 0.25) is 0 Å². The highest BCUT2D eigenvalue weighted by Crippen LogP contribution is 2.09. The molecule has 8 heteroatoms. The molecule has 5 N–H and O–H groups in total. The van der Waals surface area contributed by atoms with Gasteiger partial charge in [-0.15, -0.1) is 0 Å². The zero-order valence-electron chi connectivity index (χ0n) is 10.7. The predicted octanol–water partition coefficient (Wildman–Crippen LogP) is -1.33. The number of aliphatic hydroxyl groups excluding tert-OH is 1. The molecule has 1 aromatic carbocycles. The van der Waals surface area contributed by atoms with Crippen LogP contribution in [0.1, 0.15) is 12.0 Å². The van der Waals surface area contributed by atoms with Gasteiger partial charge in [-0.1, -0.05) is 12.1 Å². The third-order valence-corrected chi connectivity index (χ3v) is 4.07. The van der Waals surface area contributed by atoms with E-state index in [0.29, 0.717) is 13.0 Å². The minimum Gasteiger partial charge on any atom is -0.392 e. The van der Waals surface area contributed by atoms with Crippen molar-refractivity contribution in [1.82, 2.24) is 10.6 Å². The third kappa shape index (κ3) is 3.76. The summed E-state index contributed by atoms with van der Waals surface area (Å²) in [6.07, 6.45) is -0.0873. The second-order valence-electron chi connectivity index (χ2n) is 4.76. The smallest absolute Gasteiger partial charge is 0.238 e. The van der Waals surface area contributed by atoms with E-state index in [1.807, 2.05) is 0 Å². The Bertz CT molecular complexity index is 585. The molecule has 1 saturated heterocycles. The number of β-amino-alcohol motifs (C(OH)–C–C–N with tert-alkyl or cyclic N) is 1. The van der Waals surface area contributed by atoms with E-state index < -0.39 is 16.1 Å². The number of amides is 1. The average Bonchev–Trinajstić information content (AvgIpc) is 2.82. The molecular weight excluding hydrogens is 282 g/mol. The molecule has 1 aliphatic rings. The molecule has 1 amide bonds. The van der Waals surface area contributed by atoms with Crippen molar-refractivity contribution in [3.63, 3.8) is 0 Å². The summed E-state index contributed by atoms with van der Waals surface area (Å²) in [4.78, 5) is 11.8. The number of rotatable bonds is 4. The maximum absolute atomic E-state index is 11.8. The van der Waals surface area contributed by atoms with Gasteiger partial charge in [0.2, 0.25) is 15.9 Å². The normalized spacial score (nSPS) is 22.7. The zero-order valence-corrected chi connectivity index (χ0v) is 11.6. The van der Waals surface area contributed by atoms with Crippen molar-refractivity contribution in [2.75, 3.05) is 6.54 Å². The van der Waals surface area contributed by atoms with E-state index >= 15 is 0 Å². The highest BCUT2D eigenvalue weighted by atomic mass is 32.2. The first-order valence-electron chi connectivity index (χ1n) is 6.17.